The minimum Gasteiger partial charge on any atom is -0.466 e. The lowest BCUT2D eigenvalue weighted by atomic mass is 9.97. The molecule has 6 nitrogen and oxygen atoms in total. The van der Waals surface area contributed by atoms with Gasteiger partial charge in [-0.05, 0) is 54.8 Å². The summed E-state index contributed by atoms with van der Waals surface area (Å²) in [6, 6.07) is 3.78. The smallest absolute Gasteiger partial charge is 0.309 e. The van der Waals surface area contributed by atoms with Crippen molar-refractivity contribution in [2.24, 2.45) is 5.92 Å². The number of pyridine rings is 1. The summed E-state index contributed by atoms with van der Waals surface area (Å²) in [4.78, 5) is 31.0. The number of imidazole rings is 1. The van der Waals surface area contributed by atoms with Crippen LogP contribution in [0.4, 0.5) is 0 Å². The Morgan fingerprint density at radius 1 is 1.33 bits per heavy atom. The maximum absolute atomic E-state index is 12.9. The first-order valence-electron chi connectivity index (χ1n) is 8.11. The Balaban J connectivity index is 1.78. The van der Waals surface area contributed by atoms with Gasteiger partial charge < -0.3 is 9.64 Å². The van der Waals surface area contributed by atoms with E-state index < -0.39 is 0 Å². The van der Waals surface area contributed by atoms with Crippen LogP contribution >= 0.6 is 15.9 Å². The van der Waals surface area contributed by atoms with Crippen LogP contribution in [0.3, 0.4) is 0 Å². The fourth-order valence-corrected chi connectivity index (χ4v) is 3.46. The molecule has 1 saturated heterocycles. The third-order valence-corrected chi connectivity index (χ3v) is 4.83. The van der Waals surface area contributed by atoms with Crippen LogP contribution in [0.25, 0.3) is 5.65 Å². The van der Waals surface area contributed by atoms with Crippen molar-refractivity contribution in [3.8, 4) is 0 Å². The largest absolute Gasteiger partial charge is 0.466 e. The van der Waals surface area contributed by atoms with Crippen molar-refractivity contribution in [1.29, 1.82) is 0 Å². The molecule has 128 valence electrons. The molecule has 0 saturated carbocycles. The fraction of sp³-hybridized carbons (Fsp3) is 0.471. The summed E-state index contributed by atoms with van der Waals surface area (Å²) < 4.78 is 7.79. The van der Waals surface area contributed by atoms with E-state index in [1.165, 1.54) is 0 Å². The highest BCUT2D eigenvalue weighted by Gasteiger charge is 2.30. The predicted molar refractivity (Wildman–Crippen MR) is 92.9 cm³/mol. The Bertz CT molecular complexity index is 779. The van der Waals surface area contributed by atoms with Gasteiger partial charge in [-0.2, -0.15) is 0 Å². The summed E-state index contributed by atoms with van der Waals surface area (Å²) in [5.74, 6) is -0.300. The third kappa shape index (κ3) is 3.17. The molecule has 0 radical (unpaired) electrons. The van der Waals surface area contributed by atoms with Crippen molar-refractivity contribution in [3.63, 3.8) is 0 Å². The second-order valence-corrected chi connectivity index (χ2v) is 6.86. The van der Waals surface area contributed by atoms with Gasteiger partial charge in [0.15, 0.2) is 0 Å². The number of esters is 1. The summed E-state index contributed by atoms with van der Waals surface area (Å²) in [5.41, 5.74) is 2.05. The fourth-order valence-electron chi connectivity index (χ4n) is 3.12. The predicted octanol–water partition coefficient (Wildman–Crippen LogP) is 2.82. The number of rotatable bonds is 3. The monoisotopic (exact) mass is 393 g/mol. The van der Waals surface area contributed by atoms with Crippen LogP contribution in [-0.4, -0.2) is 45.9 Å². The number of carbonyl (C=O) groups excluding carboxylic acids is 2. The molecule has 1 aliphatic heterocycles. The molecule has 0 unspecified atom stereocenters. The molecule has 0 spiro atoms. The molecule has 24 heavy (non-hydrogen) atoms. The summed E-state index contributed by atoms with van der Waals surface area (Å²) in [5, 5.41) is 0. The number of fused-ring (bicyclic) bond motifs is 1. The maximum Gasteiger partial charge on any atom is 0.309 e. The molecular formula is C17H20BrN3O3. The second-order valence-electron chi connectivity index (χ2n) is 5.94. The second kappa shape index (κ2) is 6.93. The van der Waals surface area contributed by atoms with Crippen molar-refractivity contribution >= 4 is 33.5 Å². The zero-order valence-corrected chi connectivity index (χ0v) is 15.4. The number of halogens is 1. The molecule has 7 heteroatoms. The molecule has 1 aliphatic rings. The third-order valence-electron chi connectivity index (χ3n) is 4.36. The number of hydrogen-bond donors (Lipinski definition) is 0. The highest BCUT2D eigenvalue weighted by atomic mass is 79.9. The molecule has 1 amide bonds. The maximum atomic E-state index is 12.9. The first-order valence-corrected chi connectivity index (χ1v) is 8.90. The number of piperidine rings is 1. The summed E-state index contributed by atoms with van der Waals surface area (Å²) in [7, 11) is 0. The van der Waals surface area contributed by atoms with Crippen LogP contribution in [0.15, 0.2) is 22.8 Å². The zero-order chi connectivity index (χ0) is 17.3. The van der Waals surface area contributed by atoms with E-state index in [9.17, 15) is 9.59 Å². The van der Waals surface area contributed by atoms with Crippen molar-refractivity contribution in [3.05, 3.63) is 34.2 Å². The van der Waals surface area contributed by atoms with E-state index in [2.05, 4.69) is 20.9 Å². The van der Waals surface area contributed by atoms with Gasteiger partial charge in [-0.25, -0.2) is 4.98 Å². The lowest BCUT2D eigenvalue weighted by molar-refractivity contribution is -0.149. The molecule has 0 aromatic carbocycles. The Kier molecular flexibility index (Phi) is 4.89. The van der Waals surface area contributed by atoms with Crippen LogP contribution in [-0.2, 0) is 9.53 Å². The number of likely N-dealkylation sites (tertiary alicyclic amines) is 1. The number of hydrogen-bond acceptors (Lipinski definition) is 4. The van der Waals surface area contributed by atoms with Gasteiger partial charge in [-0.3, -0.25) is 14.0 Å². The van der Waals surface area contributed by atoms with E-state index >= 15 is 0 Å². The molecular weight excluding hydrogens is 374 g/mol. The topological polar surface area (TPSA) is 63.9 Å². The standard InChI is InChI=1S/C17H20BrN3O3/c1-3-24-17(23)12-6-8-20(9-7-12)16(22)15-11(2)19-14-5-4-13(18)10-21(14)15/h4-5,10,12H,3,6-9H2,1-2H3. The van der Waals surface area contributed by atoms with Crippen LogP contribution < -0.4 is 0 Å². The van der Waals surface area contributed by atoms with E-state index in [-0.39, 0.29) is 17.8 Å². The first-order chi connectivity index (χ1) is 11.5. The number of ether oxygens (including phenoxy) is 1. The lowest BCUT2D eigenvalue weighted by Crippen LogP contribution is -2.41. The van der Waals surface area contributed by atoms with Gasteiger partial charge in [0, 0.05) is 23.8 Å². The Morgan fingerprint density at radius 2 is 2.04 bits per heavy atom. The quantitative estimate of drug-likeness (QED) is 0.752. The average Bonchev–Trinajstić information content (AvgIpc) is 2.89. The van der Waals surface area contributed by atoms with Gasteiger partial charge in [0.05, 0.1) is 18.2 Å². The molecule has 3 heterocycles. The Hall–Kier alpha value is -1.89. The van der Waals surface area contributed by atoms with E-state index in [0.29, 0.717) is 43.9 Å². The van der Waals surface area contributed by atoms with Gasteiger partial charge in [0.2, 0.25) is 0 Å². The highest BCUT2D eigenvalue weighted by Crippen LogP contribution is 2.23. The van der Waals surface area contributed by atoms with Crippen LogP contribution in [0.2, 0.25) is 0 Å². The van der Waals surface area contributed by atoms with Gasteiger partial charge >= 0.3 is 5.97 Å². The number of carbonyl (C=O) groups is 2. The summed E-state index contributed by atoms with van der Waals surface area (Å²) in [6.07, 6.45) is 3.14. The van der Waals surface area contributed by atoms with Crippen molar-refractivity contribution in [1.82, 2.24) is 14.3 Å². The average molecular weight is 394 g/mol. The SMILES string of the molecule is CCOC(=O)C1CCN(C(=O)c2c(C)nc3ccc(Br)cn23)CC1. The van der Waals surface area contributed by atoms with E-state index in [1.54, 1.807) is 4.90 Å². The number of aryl methyl sites for hydroxylation is 1. The van der Waals surface area contributed by atoms with Crippen molar-refractivity contribution < 1.29 is 14.3 Å². The highest BCUT2D eigenvalue weighted by molar-refractivity contribution is 9.10. The molecule has 2 aromatic heterocycles. The van der Waals surface area contributed by atoms with Gasteiger partial charge in [-0.1, -0.05) is 0 Å². The lowest BCUT2D eigenvalue weighted by Gasteiger charge is -2.30. The van der Waals surface area contributed by atoms with Crippen LogP contribution in [0.5, 0.6) is 0 Å². The van der Waals surface area contributed by atoms with Crippen molar-refractivity contribution in [2.75, 3.05) is 19.7 Å². The normalized spacial score (nSPS) is 15.7. The Morgan fingerprint density at radius 3 is 2.71 bits per heavy atom. The number of aromatic nitrogens is 2. The Labute approximate surface area is 148 Å². The first kappa shape index (κ1) is 17.0. The summed E-state index contributed by atoms with van der Waals surface area (Å²) in [6.45, 7) is 5.17. The molecule has 0 N–H and O–H groups in total. The molecule has 2 aromatic rings. The molecule has 3 rings (SSSR count). The molecule has 0 bridgehead atoms. The number of amides is 1. The molecule has 0 aliphatic carbocycles. The van der Waals surface area contributed by atoms with E-state index in [1.807, 2.05) is 36.6 Å². The van der Waals surface area contributed by atoms with Gasteiger partial charge in [-0.15, -0.1) is 0 Å². The molecule has 1 fully saturated rings. The van der Waals surface area contributed by atoms with Crippen LogP contribution in [0, 0.1) is 12.8 Å². The van der Waals surface area contributed by atoms with Crippen molar-refractivity contribution in [2.45, 2.75) is 26.7 Å². The van der Waals surface area contributed by atoms with Gasteiger partial charge in [0.1, 0.15) is 11.3 Å². The van der Waals surface area contributed by atoms with E-state index in [0.717, 1.165) is 10.1 Å². The number of nitrogens with zero attached hydrogens (tertiary/aromatic N) is 3. The zero-order valence-electron chi connectivity index (χ0n) is 13.8. The van der Waals surface area contributed by atoms with Gasteiger partial charge in [0.25, 0.3) is 5.91 Å². The van der Waals surface area contributed by atoms with Crippen LogP contribution in [0.1, 0.15) is 35.9 Å². The summed E-state index contributed by atoms with van der Waals surface area (Å²) >= 11 is 3.43. The van der Waals surface area contributed by atoms with E-state index in [4.69, 9.17) is 4.74 Å². The minimum absolute atomic E-state index is 0.0413. The minimum atomic E-state index is -0.153. The molecule has 0 atom stereocenters.